The van der Waals surface area contributed by atoms with Crippen molar-refractivity contribution in [2.45, 2.75) is 0 Å². The van der Waals surface area contributed by atoms with Crippen molar-refractivity contribution in [2.24, 2.45) is 4.99 Å². The predicted octanol–water partition coefficient (Wildman–Crippen LogP) is 3.96. The summed E-state index contributed by atoms with van der Waals surface area (Å²) in [7, 11) is 3.77. The second kappa shape index (κ2) is 5.48. The van der Waals surface area contributed by atoms with E-state index >= 15 is 0 Å². The molecule has 0 unspecified atom stereocenters. The molecule has 0 atom stereocenters. The van der Waals surface area contributed by atoms with Gasteiger partial charge in [-0.1, -0.05) is 0 Å². The number of aliphatic imine (C=N–C) groups is 1. The van der Waals surface area contributed by atoms with Crippen LogP contribution in [0.4, 0.5) is 10.1 Å². The number of hydrogen-bond donors (Lipinski definition) is 0. The first kappa shape index (κ1) is 13.7. The lowest BCUT2D eigenvalue weighted by Gasteiger charge is -2.08. The topological polar surface area (TPSA) is 28.5 Å². The van der Waals surface area contributed by atoms with Crippen LogP contribution in [0.15, 0.2) is 27.8 Å². The van der Waals surface area contributed by atoms with Crippen LogP contribution in [0.1, 0.15) is 0 Å². The average molecular weight is 422 g/mol. The van der Waals surface area contributed by atoms with Gasteiger partial charge in [0.05, 0.1) is 23.7 Å². The fraction of sp³-hybridized carbons (Fsp3) is 0.167. The Labute approximate surface area is 126 Å². The third-order valence-corrected chi connectivity index (χ3v) is 3.66. The highest BCUT2D eigenvalue weighted by molar-refractivity contribution is 14.1. The summed E-state index contributed by atoms with van der Waals surface area (Å²) in [6, 6.07) is 3.38. The van der Waals surface area contributed by atoms with Gasteiger partial charge in [0.2, 0.25) is 0 Å². The van der Waals surface area contributed by atoms with Gasteiger partial charge in [0.15, 0.2) is 0 Å². The van der Waals surface area contributed by atoms with Gasteiger partial charge in [0.25, 0.3) is 0 Å². The summed E-state index contributed by atoms with van der Waals surface area (Å²) in [5.74, 6) is -0.363. The molecule has 0 aliphatic rings. The zero-order valence-corrected chi connectivity index (χ0v) is 13.5. The smallest absolute Gasteiger partial charge is 0.142 e. The maximum atomic E-state index is 13.3. The molecule has 0 saturated heterocycles. The minimum atomic E-state index is -0.363. The van der Waals surface area contributed by atoms with Crippen LogP contribution < -0.4 is 0 Å². The second-order valence-corrected chi connectivity index (χ2v) is 5.96. The maximum Gasteiger partial charge on any atom is 0.142 e. The van der Waals surface area contributed by atoms with E-state index in [2.05, 4.69) is 48.5 Å². The molecule has 0 aliphatic carbocycles. The van der Waals surface area contributed by atoms with Crippen LogP contribution in [0.2, 0.25) is 0 Å². The first-order valence-corrected chi connectivity index (χ1v) is 7.00. The first-order valence-electron chi connectivity index (χ1n) is 5.13. The summed E-state index contributed by atoms with van der Waals surface area (Å²) in [5.41, 5.74) is 1.44. The Morgan fingerprint density at radius 2 is 2.17 bits per heavy atom. The van der Waals surface area contributed by atoms with E-state index in [1.54, 1.807) is 6.34 Å². The zero-order chi connectivity index (χ0) is 13.3. The maximum absolute atomic E-state index is 13.3. The lowest BCUT2D eigenvalue weighted by molar-refractivity contribution is 0.624. The molecule has 0 fully saturated rings. The summed E-state index contributed by atoms with van der Waals surface area (Å²) >= 11 is 5.61. The van der Waals surface area contributed by atoms with Gasteiger partial charge >= 0.3 is 0 Å². The van der Waals surface area contributed by atoms with Crippen molar-refractivity contribution in [3.05, 3.63) is 32.2 Å². The molecule has 0 spiro atoms. The Balaban J connectivity index is 2.74. The molecule has 0 radical (unpaired) electrons. The summed E-state index contributed by atoms with van der Waals surface area (Å²) in [5, 5.41) is 0.701. The van der Waals surface area contributed by atoms with Crippen molar-refractivity contribution in [3.63, 3.8) is 0 Å². The van der Waals surface area contributed by atoms with E-state index in [-0.39, 0.29) is 5.82 Å². The van der Waals surface area contributed by atoms with E-state index < -0.39 is 0 Å². The van der Waals surface area contributed by atoms with Gasteiger partial charge in [-0.3, -0.25) is 4.98 Å². The fourth-order valence-electron chi connectivity index (χ4n) is 1.49. The number of benzene rings is 1. The third kappa shape index (κ3) is 2.80. The lowest BCUT2D eigenvalue weighted by atomic mass is 10.2. The molecule has 6 heteroatoms. The van der Waals surface area contributed by atoms with E-state index in [9.17, 15) is 4.39 Å². The summed E-state index contributed by atoms with van der Waals surface area (Å²) in [6.07, 6.45) is 2.90. The molecule has 0 bridgehead atoms. The normalized spacial score (nSPS) is 11.4. The molecule has 1 aromatic carbocycles. The number of hydrogen-bond acceptors (Lipinski definition) is 2. The van der Waals surface area contributed by atoms with Crippen LogP contribution in [-0.2, 0) is 0 Å². The van der Waals surface area contributed by atoms with Crippen LogP contribution in [-0.4, -0.2) is 30.3 Å². The van der Waals surface area contributed by atoms with Gasteiger partial charge in [-0.25, -0.2) is 9.38 Å². The number of pyridine rings is 1. The van der Waals surface area contributed by atoms with E-state index in [4.69, 9.17) is 0 Å². The van der Waals surface area contributed by atoms with Gasteiger partial charge in [-0.15, -0.1) is 0 Å². The van der Waals surface area contributed by atoms with Crippen molar-refractivity contribution in [1.82, 2.24) is 9.88 Å². The highest BCUT2D eigenvalue weighted by atomic mass is 127. The van der Waals surface area contributed by atoms with E-state index in [0.29, 0.717) is 10.9 Å². The molecule has 0 amide bonds. The van der Waals surface area contributed by atoms with Crippen molar-refractivity contribution in [2.75, 3.05) is 14.1 Å². The predicted molar refractivity (Wildman–Crippen MR) is 84.0 cm³/mol. The number of aromatic nitrogens is 1. The Hall–Kier alpha value is -0.760. The molecule has 1 heterocycles. The molecular weight excluding hydrogens is 412 g/mol. The highest BCUT2D eigenvalue weighted by Crippen LogP contribution is 2.35. The van der Waals surface area contributed by atoms with Crippen LogP contribution >= 0.6 is 38.5 Å². The van der Waals surface area contributed by atoms with Gasteiger partial charge < -0.3 is 4.90 Å². The van der Waals surface area contributed by atoms with Crippen molar-refractivity contribution >= 4 is 61.4 Å². The number of halogens is 3. The molecule has 3 nitrogen and oxygen atoms in total. The van der Waals surface area contributed by atoms with Gasteiger partial charge in [0.1, 0.15) is 5.82 Å². The molecule has 0 aliphatic heterocycles. The second-order valence-electron chi connectivity index (χ2n) is 3.95. The number of nitrogens with zero attached hydrogens (tertiary/aromatic N) is 3. The summed E-state index contributed by atoms with van der Waals surface area (Å²) < 4.78 is 15.1. The fourth-order valence-corrected chi connectivity index (χ4v) is 3.21. The van der Waals surface area contributed by atoms with E-state index in [1.165, 1.54) is 12.3 Å². The van der Waals surface area contributed by atoms with E-state index in [1.807, 2.05) is 25.1 Å². The van der Waals surface area contributed by atoms with Crippen LogP contribution in [0.3, 0.4) is 0 Å². The largest absolute Gasteiger partial charge is 0.369 e. The molecule has 94 valence electrons. The SMILES string of the molecule is CN(C)C=Nc1c(I)cc(Br)c2ncc(F)cc12. The third-order valence-electron chi connectivity index (χ3n) is 2.23. The molecule has 1 aromatic heterocycles. The van der Waals surface area contributed by atoms with Crippen molar-refractivity contribution in [1.29, 1.82) is 0 Å². The minimum absolute atomic E-state index is 0.363. The highest BCUT2D eigenvalue weighted by Gasteiger charge is 2.10. The average Bonchev–Trinajstić information content (AvgIpc) is 2.27. The Morgan fingerprint density at radius 1 is 1.44 bits per heavy atom. The van der Waals surface area contributed by atoms with Crippen LogP contribution in [0, 0.1) is 9.39 Å². The number of fused-ring (bicyclic) bond motifs is 1. The van der Waals surface area contributed by atoms with Crippen molar-refractivity contribution < 1.29 is 4.39 Å². The molecule has 0 saturated carbocycles. The Morgan fingerprint density at radius 3 is 2.83 bits per heavy atom. The van der Waals surface area contributed by atoms with Crippen molar-refractivity contribution in [3.8, 4) is 0 Å². The molecule has 0 N–H and O–H groups in total. The molecular formula is C12H10BrFIN3. The first-order chi connectivity index (χ1) is 8.49. The monoisotopic (exact) mass is 421 g/mol. The summed E-state index contributed by atoms with van der Waals surface area (Å²) in [4.78, 5) is 10.3. The number of rotatable bonds is 2. The van der Waals surface area contributed by atoms with E-state index in [0.717, 1.165) is 13.7 Å². The van der Waals surface area contributed by atoms with Crippen LogP contribution in [0.25, 0.3) is 10.9 Å². The molecule has 18 heavy (non-hydrogen) atoms. The Bertz CT molecular complexity index is 628. The van der Waals surface area contributed by atoms with Gasteiger partial charge in [-0.05, 0) is 50.7 Å². The lowest BCUT2D eigenvalue weighted by Crippen LogP contribution is -2.07. The molecule has 2 rings (SSSR count). The summed E-state index contributed by atoms with van der Waals surface area (Å²) in [6.45, 7) is 0. The molecule has 2 aromatic rings. The Kier molecular flexibility index (Phi) is 4.16. The standard InChI is InChI=1S/C12H10BrFIN3/c1-18(2)6-17-12-8-3-7(14)5-16-11(8)9(13)4-10(12)15/h3-6H,1-2H3. The van der Waals surface area contributed by atoms with Gasteiger partial charge in [0, 0.05) is 27.5 Å². The van der Waals surface area contributed by atoms with Gasteiger partial charge in [-0.2, -0.15) is 0 Å². The minimum Gasteiger partial charge on any atom is -0.369 e. The van der Waals surface area contributed by atoms with Crippen LogP contribution in [0.5, 0.6) is 0 Å². The quantitative estimate of drug-likeness (QED) is 0.417. The zero-order valence-electron chi connectivity index (χ0n) is 9.78.